The Morgan fingerprint density at radius 3 is 2.46 bits per heavy atom. The number of aromatic nitrogens is 1. The molecule has 17 nitrogen and oxygen atoms in total. The molecule has 3 aromatic heterocycles. The first-order valence-corrected chi connectivity index (χ1v) is 23.0. The molecule has 17 heteroatoms. The summed E-state index contributed by atoms with van der Waals surface area (Å²) in [7, 11) is 2.98. The van der Waals surface area contributed by atoms with Crippen LogP contribution < -0.4 is 26.6 Å². The lowest BCUT2D eigenvalue weighted by atomic mass is 9.91. The lowest BCUT2D eigenvalue weighted by Gasteiger charge is -2.29. The second-order valence-corrected chi connectivity index (χ2v) is 16.2. The highest BCUT2D eigenvalue weighted by Gasteiger charge is 2.41. The summed E-state index contributed by atoms with van der Waals surface area (Å²) >= 11 is 0. The minimum Gasteiger partial charge on any atom is -0.459 e. The number of nitrogens with zero attached hydrogens (tertiary/aromatic N) is 3. The van der Waals surface area contributed by atoms with Gasteiger partial charge in [0.05, 0.1) is 49.3 Å². The van der Waals surface area contributed by atoms with Gasteiger partial charge < -0.3 is 44.8 Å². The molecular formula is C53H59N7O10. The molecule has 3 unspecified atom stereocenters. The molecule has 0 spiro atoms. The van der Waals surface area contributed by atoms with Crippen LogP contribution in [-0.2, 0) is 23.9 Å². The molecule has 8 rings (SSSR count). The molecule has 3 aromatic carbocycles. The third kappa shape index (κ3) is 12.1. The Kier molecular flexibility index (Phi) is 18.9. The number of nitrogens with one attached hydrogen (secondary N) is 3. The minimum absolute atomic E-state index is 0.143. The molecule has 2 aliphatic rings. The number of allylic oxidation sites excluding steroid dienone is 1. The van der Waals surface area contributed by atoms with E-state index in [1.54, 1.807) is 71.9 Å². The van der Waals surface area contributed by atoms with E-state index in [9.17, 15) is 28.8 Å². The number of carbonyl (C=O) groups excluding carboxylic acids is 6. The second-order valence-electron chi connectivity index (χ2n) is 16.2. The average Bonchev–Trinajstić information content (AvgIpc) is 4.13. The van der Waals surface area contributed by atoms with Crippen molar-refractivity contribution < 1.29 is 47.1 Å². The summed E-state index contributed by atoms with van der Waals surface area (Å²) in [5.41, 5.74) is 9.98. The van der Waals surface area contributed by atoms with Gasteiger partial charge in [-0.3, -0.25) is 38.8 Å². The van der Waals surface area contributed by atoms with Crippen LogP contribution in [-0.4, -0.2) is 99.3 Å². The van der Waals surface area contributed by atoms with Crippen LogP contribution in [0.2, 0.25) is 0 Å². The number of anilines is 2. The molecule has 4 heterocycles. The van der Waals surface area contributed by atoms with Crippen molar-refractivity contribution in [3.8, 4) is 0 Å². The van der Waals surface area contributed by atoms with E-state index in [0.717, 1.165) is 40.7 Å². The minimum atomic E-state index is -0.794. The molecule has 70 heavy (non-hydrogen) atoms. The monoisotopic (exact) mass is 953 g/mol. The number of hydrogen-bond acceptors (Lipinski definition) is 13. The van der Waals surface area contributed by atoms with Gasteiger partial charge in [-0.1, -0.05) is 55.5 Å². The highest BCUT2D eigenvalue weighted by molar-refractivity contribution is 6.24. The van der Waals surface area contributed by atoms with Gasteiger partial charge in [0.2, 0.25) is 12.3 Å². The Hall–Kier alpha value is -7.73. The van der Waals surface area contributed by atoms with Crippen molar-refractivity contribution in [2.24, 2.45) is 5.73 Å². The maximum Gasteiger partial charge on any atom is 0.294 e. The van der Waals surface area contributed by atoms with Gasteiger partial charge >= 0.3 is 0 Å². The number of carbonyl (C=O) groups is 6. The molecule has 0 fully saturated rings. The number of ether oxygens (including phenoxy) is 2. The fourth-order valence-corrected chi connectivity index (χ4v) is 8.48. The van der Waals surface area contributed by atoms with Crippen molar-refractivity contribution in [3.63, 3.8) is 0 Å². The van der Waals surface area contributed by atoms with Gasteiger partial charge in [0, 0.05) is 67.4 Å². The lowest BCUT2D eigenvalue weighted by Crippen LogP contribution is -2.42. The molecule has 5 amide bonds. The summed E-state index contributed by atoms with van der Waals surface area (Å²) in [6.07, 6.45) is 12.0. The van der Waals surface area contributed by atoms with Gasteiger partial charge in [-0.25, -0.2) is 0 Å². The Morgan fingerprint density at radius 2 is 1.74 bits per heavy atom. The van der Waals surface area contributed by atoms with Gasteiger partial charge in [0.15, 0.2) is 5.76 Å². The molecule has 0 bridgehead atoms. The number of rotatable bonds is 21. The van der Waals surface area contributed by atoms with E-state index in [1.165, 1.54) is 30.9 Å². The van der Waals surface area contributed by atoms with Gasteiger partial charge in [0.1, 0.15) is 23.7 Å². The van der Waals surface area contributed by atoms with E-state index in [0.29, 0.717) is 47.9 Å². The summed E-state index contributed by atoms with van der Waals surface area (Å²) < 4.78 is 22.3. The van der Waals surface area contributed by atoms with Gasteiger partial charge in [-0.15, -0.1) is 0 Å². The van der Waals surface area contributed by atoms with Crippen LogP contribution in [0.15, 0.2) is 125 Å². The number of imide groups is 1. The quantitative estimate of drug-likeness (QED) is 0.0318. The fourth-order valence-electron chi connectivity index (χ4n) is 8.48. The predicted molar refractivity (Wildman–Crippen MR) is 265 cm³/mol. The Bertz CT molecular complexity index is 2720. The van der Waals surface area contributed by atoms with Crippen LogP contribution in [0.25, 0.3) is 17.0 Å². The Morgan fingerprint density at radius 1 is 0.957 bits per heavy atom. The summed E-state index contributed by atoms with van der Waals surface area (Å²) in [4.78, 5) is 80.8. The van der Waals surface area contributed by atoms with E-state index in [4.69, 9.17) is 18.3 Å². The number of hydrogen-bond donors (Lipinski definition) is 4. The van der Waals surface area contributed by atoms with Crippen LogP contribution in [0, 0.1) is 0 Å². The first-order chi connectivity index (χ1) is 34.2. The normalized spacial score (nSPS) is 14.7. The fraction of sp³-hybridized carbons (Fsp3) is 0.302. The summed E-state index contributed by atoms with van der Waals surface area (Å²) in [5, 5.41) is 9.49. The van der Waals surface area contributed by atoms with Crippen LogP contribution in [0.5, 0.6) is 0 Å². The number of nitrogens with two attached hydrogens (primary N) is 1. The number of benzene rings is 3. The van der Waals surface area contributed by atoms with E-state index < -0.39 is 23.9 Å². The van der Waals surface area contributed by atoms with Crippen LogP contribution in [0.4, 0.5) is 11.4 Å². The van der Waals surface area contributed by atoms with Crippen molar-refractivity contribution in [2.75, 3.05) is 57.3 Å². The second kappa shape index (κ2) is 25.6. The number of fused-ring (bicyclic) bond motifs is 4. The van der Waals surface area contributed by atoms with Crippen molar-refractivity contribution in [3.05, 3.63) is 155 Å². The first-order valence-electron chi connectivity index (χ1n) is 23.0. The molecule has 366 valence electrons. The zero-order valence-electron chi connectivity index (χ0n) is 39.7. The zero-order valence-corrected chi connectivity index (χ0v) is 39.7. The number of furan rings is 2. The summed E-state index contributed by atoms with van der Waals surface area (Å²) in [5.74, 6) is 0.212. The van der Waals surface area contributed by atoms with E-state index in [-0.39, 0.29) is 56.2 Å². The number of methoxy groups -OCH3 is 1. The predicted octanol–water partition coefficient (Wildman–Crippen LogP) is 7.23. The van der Waals surface area contributed by atoms with Crippen LogP contribution >= 0.6 is 0 Å². The van der Waals surface area contributed by atoms with E-state index in [2.05, 4.69) is 45.7 Å². The van der Waals surface area contributed by atoms with Crippen molar-refractivity contribution in [1.29, 1.82) is 0 Å². The van der Waals surface area contributed by atoms with Gasteiger partial charge in [0.25, 0.3) is 17.7 Å². The molecule has 1 aliphatic heterocycles. The lowest BCUT2D eigenvalue weighted by molar-refractivity contribution is -0.125. The Balaban J connectivity index is 0.000000227. The van der Waals surface area contributed by atoms with Gasteiger partial charge in [-0.2, -0.15) is 0 Å². The van der Waals surface area contributed by atoms with Gasteiger partial charge in [-0.05, 0) is 92.4 Å². The van der Waals surface area contributed by atoms with E-state index in [1.807, 2.05) is 43.3 Å². The van der Waals surface area contributed by atoms with Crippen molar-refractivity contribution >= 4 is 64.7 Å². The molecule has 4 atom stereocenters. The Labute approximate surface area is 406 Å². The molecular weight excluding hydrogens is 895 g/mol. The molecule has 6 aromatic rings. The molecule has 0 radical (unpaired) electrons. The SMILES string of the molecule is CC1CC=Cc2oc3cc(N(C(=O)c4ccco4)[C@@H](C)c4cccnc4)ccc3c21.CN.COCC(CCC=O)N1C(=O)c2cccc(NCCOCCNC(=O)C(NC=O)c3ccccc3)c2C1=O. The molecule has 5 N–H and O–H groups in total. The molecule has 0 saturated carbocycles. The number of amides is 5. The average molecular weight is 954 g/mol. The third-order valence-electron chi connectivity index (χ3n) is 11.8. The smallest absolute Gasteiger partial charge is 0.294 e. The summed E-state index contributed by atoms with van der Waals surface area (Å²) in [6, 6.07) is 25.6. The highest BCUT2D eigenvalue weighted by Crippen LogP contribution is 2.40. The van der Waals surface area contributed by atoms with Crippen LogP contribution in [0.3, 0.4) is 0 Å². The third-order valence-corrected chi connectivity index (χ3v) is 11.8. The maximum atomic E-state index is 13.4. The molecule has 1 aliphatic carbocycles. The first kappa shape index (κ1) is 51.7. The zero-order chi connectivity index (χ0) is 50.0. The topological polar surface area (TPSA) is 229 Å². The number of aldehydes is 1. The standard InChI is InChI=1S/C27H32N4O7.C25H22N2O3.CH5N/c1-37-17-20(9-6-14-32)31-26(35)21-10-5-11-22(23(21)27(31)36)28-12-15-38-16-13-29-25(34)24(30-18-33)19-7-3-2-4-8-19;1-16-6-3-8-21-24(16)20-11-10-19(14-23(20)30-21)27(25(28)22-9-5-13-29-22)17(2)18-7-4-12-26-15-18;1-2/h2-5,7-8,10-11,14,18,20,24,28H,6,9,12-13,15-17H2,1H3,(H,29,34)(H,30,33);3-5,7-17H,6H2,1-2H3;2H2,1H3/t;16?,17-;/m.0./s1. The summed E-state index contributed by atoms with van der Waals surface area (Å²) in [6.45, 7) is 5.46. The van der Waals surface area contributed by atoms with E-state index >= 15 is 0 Å². The van der Waals surface area contributed by atoms with Crippen molar-refractivity contribution in [1.82, 2.24) is 20.5 Å². The van der Waals surface area contributed by atoms with Crippen molar-refractivity contribution in [2.45, 2.75) is 57.2 Å². The highest BCUT2D eigenvalue weighted by atomic mass is 16.5. The number of pyridine rings is 1. The maximum absolute atomic E-state index is 13.4. The van der Waals surface area contributed by atoms with Crippen LogP contribution in [0.1, 0.15) is 105 Å². The largest absolute Gasteiger partial charge is 0.459 e. The molecule has 0 saturated heterocycles.